The summed E-state index contributed by atoms with van der Waals surface area (Å²) in [5.74, 6) is -0.113. The van der Waals surface area contributed by atoms with Crippen molar-refractivity contribution < 1.29 is 4.79 Å². The molecule has 0 radical (unpaired) electrons. The molecule has 3 N–H and O–H groups in total. The van der Waals surface area contributed by atoms with Crippen LogP contribution in [0.2, 0.25) is 0 Å². The monoisotopic (exact) mass is 192 g/mol. The molecular formula is C11H16N2O. The van der Waals surface area contributed by atoms with E-state index in [-0.39, 0.29) is 5.91 Å². The summed E-state index contributed by atoms with van der Waals surface area (Å²) in [4.78, 5) is 11.5. The Morgan fingerprint density at radius 3 is 2.64 bits per heavy atom. The lowest BCUT2D eigenvalue weighted by Gasteiger charge is -2.10. The van der Waals surface area contributed by atoms with E-state index < -0.39 is 6.04 Å². The van der Waals surface area contributed by atoms with Gasteiger partial charge in [0.2, 0.25) is 5.91 Å². The van der Waals surface area contributed by atoms with E-state index in [0.29, 0.717) is 0 Å². The lowest BCUT2D eigenvalue weighted by molar-refractivity contribution is -0.117. The molecule has 0 heterocycles. The molecule has 1 aromatic carbocycles. The summed E-state index contributed by atoms with van der Waals surface area (Å²) in [6.07, 6.45) is 1.64. The topological polar surface area (TPSA) is 55.1 Å². The molecular weight excluding hydrogens is 176 g/mol. The molecule has 0 spiro atoms. The normalized spacial score (nSPS) is 12.1. The number of rotatable bonds is 4. The first kappa shape index (κ1) is 10.7. The van der Waals surface area contributed by atoms with Gasteiger partial charge in [0.05, 0.1) is 6.04 Å². The van der Waals surface area contributed by atoms with Crippen LogP contribution >= 0.6 is 0 Å². The van der Waals surface area contributed by atoms with Crippen LogP contribution in [0.15, 0.2) is 30.3 Å². The van der Waals surface area contributed by atoms with Gasteiger partial charge in [-0.25, -0.2) is 0 Å². The molecule has 3 heteroatoms. The predicted molar refractivity (Wildman–Crippen MR) is 58.0 cm³/mol. The highest BCUT2D eigenvalue weighted by molar-refractivity contribution is 5.94. The van der Waals surface area contributed by atoms with Crippen molar-refractivity contribution in [3.8, 4) is 0 Å². The fraction of sp³-hybridized carbons (Fsp3) is 0.364. The van der Waals surface area contributed by atoms with Crippen molar-refractivity contribution in [2.45, 2.75) is 25.8 Å². The number of anilines is 1. The Hall–Kier alpha value is -1.35. The lowest BCUT2D eigenvalue weighted by atomic mass is 10.1. The molecule has 0 bridgehead atoms. The summed E-state index contributed by atoms with van der Waals surface area (Å²) in [6.45, 7) is 2.01. The summed E-state index contributed by atoms with van der Waals surface area (Å²) in [6, 6.07) is 8.94. The van der Waals surface area contributed by atoms with Crippen LogP contribution < -0.4 is 11.1 Å². The fourth-order valence-electron chi connectivity index (χ4n) is 1.20. The minimum atomic E-state index is -0.403. The second-order valence-electron chi connectivity index (χ2n) is 3.25. The SMILES string of the molecule is CCC[C@H](N)C(=O)Nc1ccccc1. The van der Waals surface area contributed by atoms with Gasteiger partial charge in [-0.2, -0.15) is 0 Å². The summed E-state index contributed by atoms with van der Waals surface area (Å²) >= 11 is 0. The van der Waals surface area contributed by atoms with Crippen molar-refractivity contribution in [2.24, 2.45) is 5.73 Å². The maximum absolute atomic E-state index is 11.5. The van der Waals surface area contributed by atoms with Crippen molar-refractivity contribution in [1.82, 2.24) is 0 Å². The number of benzene rings is 1. The minimum absolute atomic E-state index is 0.113. The smallest absolute Gasteiger partial charge is 0.241 e. The summed E-state index contributed by atoms with van der Waals surface area (Å²) in [5, 5.41) is 2.76. The van der Waals surface area contributed by atoms with Gasteiger partial charge in [-0.3, -0.25) is 4.79 Å². The molecule has 76 valence electrons. The van der Waals surface area contributed by atoms with Gasteiger partial charge in [0.15, 0.2) is 0 Å². The van der Waals surface area contributed by atoms with Gasteiger partial charge in [-0.15, -0.1) is 0 Å². The zero-order valence-corrected chi connectivity index (χ0v) is 8.36. The quantitative estimate of drug-likeness (QED) is 0.763. The van der Waals surface area contributed by atoms with Gasteiger partial charge in [-0.05, 0) is 18.6 Å². The molecule has 0 aromatic heterocycles. The average Bonchev–Trinajstić information content (AvgIpc) is 2.19. The first-order valence-corrected chi connectivity index (χ1v) is 4.85. The highest BCUT2D eigenvalue weighted by Crippen LogP contribution is 2.06. The number of nitrogens with one attached hydrogen (secondary N) is 1. The van der Waals surface area contributed by atoms with Crippen LogP contribution in [0.3, 0.4) is 0 Å². The van der Waals surface area contributed by atoms with E-state index in [0.717, 1.165) is 18.5 Å². The Bertz CT molecular complexity index is 285. The minimum Gasteiger partial charge on any atom is -0.325 e. The summed E-state index contributed by atoms with van der Waals surface area (Å²) in [5.41, 5.74) is 6.46. The van der Waals surface area contributed by atoms with Crippen molar-refractivity contribution in [2.75, 3.05) is 5.32 Å². The van der Waals surface area contributed by atoms with E-state index in [2.05, 4.69) is 5.32 Å². The van der Waals surface area contributed by atoms with Crippen LogP contribution in [0.5, 0.6) is 0 Å². The Balaban J connectivity index is 2.49. The van der Waals surface area contributed by atoms with Crippen molar-refractivity contribution in [3.05, 3.63) is 30.3 Å². The van der Waals surface area contributed by atoms with Crippen LogP contribution in [0.4, 0.5) is 5.69 Å². The largest absolute Gasteiger partial charge is 0.325 e. The van der Waals surface area contributed by atoms with E-state index in [1.165, 1.54) is 0 Å². The number of carbonyl (C=O) groups excluding carboxylic acids is 1. The van der Waals surface area contributed by atoms with Gasteiger partial charge in [0.1, 0.15) is 0 Å². The molecule has 0 fully saturated rings. The maximum Gasteiger partial charge on any atom is 0.241 e. The molecule has 1 aromatic rings. The summed E-state index contributed by atoms with van der Waals surface area (Å²) in [7, 11) is 0. The van der Waals surface area contributed by atoms with Gasteiger partial charge < -0.3 is 11.1 Å². The molecule has 0 saturated carbocycles. The Kier molecular flexibility index (Phi) is 4.13. The fourth-order valence-corrected chi connectivity index (χ4v) is 1.20. The molecule has 1 atom stereocenters. The van der Waals surface area contributed by atoms with Gasteiger partial charge in [0.25, 0.3) is 0 Å². The van der Waals surface area contributed by atoms with Crippen molar-refractivity contribution in [1.29, 1.82) is 0 Å². The molecule has 0 aliphatic rings. The Morgan fingerprint density at radius 1 is 1.43 bits per heavy atom. The zero-order chi connectivity index (χ0) is 10.4. The standard InChI is InChI=1S/C11H16N2O/c1-2-6-10(12)11(14)13-9-7-4-3-5-8-9/h3-5,7-8,10H,2,6,12H2,1H3,(H,13,14)/t10-/m0/s1. The number of nitrogens with two attached hydrogens (primary N) is 1. The summed E-state index contributed by atoms with van der Waals surface area (Å²) < 4.78 is 0. The predicted octanol–water partition coefficient (Wildman–Crippen LogP) is 1.75. The number of carbonyl (C=O) groups is 1. The molecule has 1 amide bonds. The molecule has 0 unspecified atom stereocenters. The van der Waals surface area contributed by atoms with E-state index >= 15 is 0 Å². The lowest BCUT2D eigenvalue weighted by Crippen LogP contribution is -2.35. The third-order valence-electron chi connectivity index (χ3n) is 1.98. The van der Waals surface area contributed by atoms with Crippen LogP contribution in [-0.2, 0) is 4.79 Å². The van der Waals surface area contributed by atoms with Crippen molar-refractivity contribution in [3.63, 3.8) is 0 Å². The number of para-hydroxylation sites is 1. The molecule has 0 aliphatic heterocycles. The molecule has 0 saturated heterocycles. The number of hydrogen-bond donors (Lipinski definition) is 2. The number of amides is 1. The Morgan fingerprint density at radius 2 is 2.07 bits per heavy atom. The van der Waals surface area contributed by atoms with Crippen LogP contribution in [0.1, 0.15) is 19.8 Å². The third-order valence-corrected chi connectivity index (χ3v) is 1.98. The highest BCUT2D eigenvalue weighted by atomic mass is 16.2. The Labute approximate surface area is 84.3 Å². The van der Waals surface area contributed by atoms with Crippen LogP contribution in [0.25, 0.3) is 0 Å². The van der Waals surface area contributed by atoms with Crippen molar-refractivity contribution >= 4 is 11.6 Å². The first-order chi connectivity index (χ1) is 6.74. The van der Waals surface area contributed by atoms with Crippen LogP contribution in [0, 0.1) is 0 Å². The second kappa shape index (κ2) is 5.40. The zero-order valence-electron chi connectivity index (χ0n) is 8.36. The van der Waals surface area contributed by atoms with E-state index in [1.54, 1.807) is 0 Å². The van der Waals surface area contributed by atoms with Gasteiger partial charge in [0, 0.05) is 5.69 Å². The average molecular weight is 192 g/mol. The number of hydrogen-bond acceptors (Lipinski definition) is 2. The van der Waals surface area contributed by atoms with E-state index in [9.17, 15) is 4.79 Å². The first-order valence-electron chi connectivity index (χ1n) is 4.85. The second-order valence-corrected chi connectivity index (χ2v) is 3.25. The molecule has 3 nitrogen and oxygen atoms in total. The van der Waals surface area contributed by atoms with E-state index in [1.807, 2.05) is 37.3 Å². The van der Waals surface area contributed by atoms with Gasteiger partial charge in [-0.1, -0.05) is 31.5 Å². The molecule has 1 rings (SSSR count). The third kappa shape index (κ3) is 3.18. The maximum atomic E-state index is 11.5. The van der Waals surface area contributed by atoms with Crippen LogP contribution in [-0.4, -0.2) is 11.9 Å². The van der Waals surface area contributed by atoms with E-state index in [4.69, 9.17) is 5.73 Å². The highest BCUT2D eigenvalue weighted by Gasteiger charge is 2.11. The molecule has 14 heavy (non-hydrogen) atoms. The van der Waals surface area contributed by atoms with Gasteiger partial charge >= 0.3 is 0 Å². The molecule has 0 aliphatic carbocycles.